The van der Waals surface area contributed by atoms with Crippen LogP contribution in [0.1, 0.15) is 5.56 Å². The Balaban J connectivity index is 0.00000420. The van der Waals surface area contributed by atoms with Gasteiger partial charge in [0.1, 0.15) is 5.75 Å². The Morgan fingerprint density at radius 2 is 1.55 bits per heavy atom. The first-order valence-electron chi connectivity index (χ1n) is 7.98. The monoisotopic (exact) mass is 527 g/mol. The van der Waals surface area contributed by atoms with E-state index in [-0.39, 0.29) is 42.2 Å². The number of anilines is 1. The molecule has 2 aromatic carbocycles. The van der Waals surface area contributed by atoms with E-state index in [1.165, 1.54) is 45.6 Å². The van der Waals surface area contributed by atoms with Gasteiger partial charge >= 0.3 is 6.36 Å². The van der Waals surface area contributed by atoms with Gasteiger partial charge in [0.05, 0.1) is 33.6 Å². The predicted octanol–water partition coefficient (Wildman–Crippen LogP) is 4.16. The highest BCUT2D eigenvalue weighted by atomic mass is 127. The van der Waals surface area contributed by atoms with Crippen LogP contribution in [0.2, 0.25) is 0 Å². The number of nitrogens with one attached hydrogen (secondary N) is 1. The zero-order chi connectivity index (χ0) is 20.7. The Kier molecular flexibility index (Phi) is 9.14. The van der Waals surface area contributed by atoms with E-state index >= 15 is 0 Å². The molecule has 0 aliphatic rings. The first-order chi connectivity index (χ1) is 13.3. The number of benzene rings is 2. The number of nitrogens with zero attached hydrogens (tertiary/aromatic N) is 1. The lowest BCUT2D eigenvalue weighted by atomic mass is 10.1. The van der Waals surface area contributed by atoms with Crippen molar-refractivity contribution in [3.63, 3.8) is 0 Å². The minimum absolute atomic E-state index is 0. The summed E-state index contributed by atoms with van der Waals surface area (Å²) in [6.45, 7) is 0.0880. The average molecular weight is 527 g/mol. The van der Waals surface area contributed by atoms with Gasteiger partial charge in [-0.25, -0.2) is 4.99 Å². The van der Waals surface area contributed by atoms with Gasteiger partial charge in [-0.1, -0.05) is 12.1 Å². The summed E-state index contributed by atoms with van der Waals surface area (Å²) in [7, 11) is 4.48. The van der Waals surface area contributed by atoms with Crippen LogP contribution < -0.4 is 30.0 Å². The van der Waals surface area contributed by atoms with E-state index in [0.29, 0.717) is 22.8 Å². The molecular formula is C18H21F3IN3O4. The molecule has 0 aliphatic heterocycles. The van der Waals surface area contributed by atoms with Crippen LogP contribution in [0.3, 0.4) is 0 Å². The van der Waals surface area contributed by atoms with E-state index in [1.807, 2.05) is 0 Å². The molecule has 2 aromatic rings. The summed E-state index contributed by atoms with van der Waals surface area (Å²) >= 11 is 0. The van der Waals surface area contributed by atoms with Crippen LogP contribution >= 0.6 is 24.0 Å². The summed E-state index contributed by atoms with van der Waals surface area (Å²) in [6.07, 6.45) is -4.82. The van der Waals surface area contributed by atoms with Gasteiger partial charge in [0.15, 0.2) is 23.2 Å². The maximum atomic E-state index is 12.5. The van der Waals surface area contributed by atoms with Gasteiger partial charge < -0.3 is 30.0 Å². The highest BCUT2D eigenvalue weighted by Crippen LogP contribution is 2.35. The van der Waals surface area contributed by atoms with Gasteiger partial charge in [-0.15, -0.1) is 37.1 Å². The second-order valence-corrected chi connectivity index (χ2v) is 5.39. The van der Waals surface area contributed by atoms with Crippen molar-refractivity contribution in [2.45, 2.75) is 12.9 Å². The Hall–Kier alpha value is -2.57. The van der Waals surface area contributed by atoms with Crippen LogP contribution in [0.15, 0.2) is 41.4 Å². The van der Waals surface area contributed by atoms with Gasteiger partial charge in [0, 0.05) is 11.6 Å². The van der Waals surface area contributed by atoms with Crippen LogP contribution in [0.25, 0.3) is 0 Å². The summed E-state index contributed by atoms with van der Waals surface area (Å²) in [5.74, 6) is 0.933. The second kappa shape index (κ2) is 10.8. The zero-order valence-electron chi connectivity index (χ0n) is 15.9. The third-order valence-electron chi connectivity index (χ3n) is 3.58. The Morgan fingerprint density at radius 3 is 2.14 bits per heavy atom. The van der Waals surface area contributed by atoms with E-state index < -0.39 is 12.1 Å². The number of halogens is 4. The highest BCUT2D eigenvalue weighted by Gasteiger charge is 2.32. The average Bonchev–Trinajstić information content (AvgIpc) is 2.66. The number of methoxy groups -OCH3 is 3. The topological polar surface area (TPSA) is 87.3 Å². The van der Waals surface area contributed by atoms with Gasteiger partial charge in [0.25, 0.3) is 0 Å². The van der Waals surface area contributed by atoms with Crippen LogP contribution in [0.5, 0.6) is 23.0 Å². The third kappa shape index (κ3) is 7.07. The fourth-order valence-electron chi connectivity index (χ4n) is 2.35. The Bertz CT molecular complexity index is 848. The van der Waals surface area contributed by atoms with Crippen LogP contribution in [0, 0.1) is 0 Å². The molecule has 160 valence electrons. The molecule has 0 aromatic heterocycles. The number of rotatable bonds is 7. The Labute approximate surface area is 183 Å². The van der Waals surface area contributed by atoms with E-state index in [4.69, 9.17) is 19.9 Å². The molecule has 3 N–H and O–H groups in total. The number of alkyl halides is 3. The maximum absolute atomic E-state index is 12.5. The highest BCUT2D eigenvalue weighted by molar-refractivity contribution is 14.0. The number of hydrogen-bond donors (Lipinski definition) is 2. The zero-order valence-corrected chi connectivity index (χ0v) is 18.2. The smallest absolute Gasteiger partial charge is 0.496 e. The van der Waals surface area contributed by atoms with E-state index in [9.17, 15) is 13.2 Å². The fraction of sp³-hybridized carbons (Fsp3) is 0.278. The molecule has 0 amide bonds. The summed E-state index contributed by atoms with van der Waals surface area (Å²) in [5.41, 5.74) is 6.48. The van der Waals surface area contributed by atoms with Crippen molar-refractivity contribution in [1.29, 1.82) is 0 Å². The van der Waals surface area contributed by atoms with Gasteiger partial charge in [-0.3, -0.25) is 0 Å². The van der Waals surface area contributed by atoms with Crippen molar-refractivity contribution < 1.29 is 32.1 Å². The Morgan fingerprint density at radius 1 is 0.966 bits per heavy atom. The molecule has 0 bridgehead atoms. The minimum atomic E-state index is -4.82. The fourth-order valence-corrected chi connectivity index (χ4v) is 2.35. The number of aliphatic imine (C=N–C) groups is 1. The third-order valence-corrected chi connectivity index (χ3v) is 3.58. The lowest BCUT2D eigenvalue weighted by Gasteiger charge is -2.15. The molecule has 2 rings (SSSR count). The lowest BCUT2D eigenvalue weighted by molar-refractivity contribution is -0.274. The van der Waals surface area contributed by atoms with Crippen molar-refractivity contribution in [1.82, 2.24) is 0 Å². The van der Waals surface area contributed by atoms with Gasteiger partial charge in [-0.05, 0) is 18.2 Å². The van der Waals surface area contributed by atoms with Crippen molar-refractivity contribution in [2.24, 2.45) is 10.7 Å². The molecule has 0 unspecified atom stereocenters. The van der Waals surface area contributed by atoms with Crippen LogP contribution in [-0.4, -0.2) is 33.7 Å². The van der Waals surface area contributed by atoms with E-state index in [0.717, 1.165) is 0 Å². The summed E-state index contributed by atoms with van der Waals surface area (Å²) < 4.78 is 57.2. The van der Waals surface area contributed by atoms with Crippen molar-refractivity contribution in [2.75, 3.05) is 26.6 Å². The molecule has 29 heavy (non-hydrogen) atoms. The largest absolute Gasteiger partial charge is 0.573 e. The molecule has 0 saturated carbocycles. The SMILES string of the molecule is COc1cc(OC)c(OC)cc1CN=C(N)Nc1ccccc1OC(F)(F)F.I. The van der Waals surface area contributed by atoms with Crippen molar-refractivity contribution >= 4 is 35.6 Å². The van der Waals surface area contributed by atoms with Crippen LogP contribution in [0.4, 0.5) is 18.9 Å². The van der Waals surface area contributed by atoms with Gasteiger partial charge in [-0.2, -0.15) is 0 Å². The molecule has 0 fully saturated rings. The number of ether oxygens (including phenoxy) is 4. The number of hydrogen-bond acceptors (Lipinski definition) is 5. The first-order valence-corrected chi connectivity index (χ1v) is 7.98. The summed E-state index contributed by atoms with van der Waals surface area (Å²) in [4.78, 5) is 4.14. The number of guanidine groups is 1. The standard InChI is InChI=1S/C18H20F3N3O4.HI/c1-25-14-9-16(27-3)15(26-2)8-11(14)10-23-17(22)24-12-6-4-5-7-13(12)28-18(19,20)21;/h4-9H,10H2,1-3H3,(H3,22,23,24);1H. The summed E-state index contributed by atoms with van der Waals surface area (Å²) in [6, 6.07) is 8.82. The van der Waals surface area contributed by atoms with E-state index in [2.05, 4.69) is 15.0 Å². The molecule has 0 saturated heterocycles. The normalized spacial score (nSPS) is 11.3. The molecule has 0 spiro atoms. The molecular weight excluding hydrogens is 506 g/mol. The maximum Gasteiger partial charge on any atom is 0.573 e. The molecule has 11 heteroatoms. The van der Waals surface area contributed by atoms with Gasteiger partial charge in [0.2, 0.25) is 0 Å². The molecule has 0 radical (unpaired) electrons. The number of para-hydroxylation sites is 2. The van der Waals surface area contributed by atoms with Crippen molar-refractivity contribution in [3.05, 3.63) is 42.0 Å². The first kappa shape index (κ1) is 24.5. The molecule has 7 nitrogen and oxygen atoms in total. The van der Waals surface area contributed by atoms with Crippen molar-refractivity contribution in [3.8, 4) is 23.0 Å². The number of nitrogens with two attached hydrogens (primary N) is 1. The lowest BCUT2D eigenvalue weighted by Crippen LogP contribution is -2.24. The molecule has 0 heterocycles. The minimum Gasteiger partial charge on any atom is -0.496 e. The molecule has 0 atom stereocenters. The van der Waals surface area contributed by atoms with Crippen LogP contribution in [-0.2, 0) is 6.54 Å². The quantitative estimate of drug-likeness (QED) is 0.320. The predicted molar refractivity (Wildman–Crippen MR) is 114 cm³/mol. The summed E-state index contributed by atoms with van der Waals surface area (Å²) in [5, 5.41) is 2.60. The molecule has 0 aliphatic carbocycles. The van der Waals surface area contributed by atoms with E-state index in [1.54, 1.807) is 12.1 Å². The second-order valence-electron chi connectivity index (χ2n) is 5.39.